The number of rotatable bonds is 3. The standard InChI is InChI=1S/C11H11NO3S/c1-2-3-4-8-5-6-10-9(7-8)11(13)12-16(10,14)15/h2,5-7H,1,3-4H2,(H,12,13). The molecule has 0 bridgehead atoms. The van der Waals surface area contributed by atoms with E-state index in [-0.39, 0.29) is 10.5 Å². The number of allylic oxidation sites excluding steroid dienone is 1. The Morgan fingerprint density at radius 2 is 2.12 bits per heavy atom. The maximum Gasteiger partial charge on any atom is 0.266 e. The van der Waals surface area contributed by atoms with Crippen LogP contribution in [0.25, 0.3) is 0 Å². The van der Waals surface area contributed by atoms with E-state index in [4.69, 9.17) is 0 Å². The highest BCUT2D eigenvalue weighted by atomic mass is 32.2. The number of sulfonamides is 1. The van der Waals surface area contributed by atoms with Gasteiger partial charge in [0.25, 0.3) is 15.9 Å². The monoisotopic (exact) mass is 237 g/mol. The topological polar surface area (TPSA) is 63.2 Å². The van der Waals surface area contributed by atoms with Crippen molar-refractivity contribution < 1.29 is 13.2 Å². The van der Waals surface area contributed by atoms with Crippen molar-refractivity contribution in [2.45, 2.75) is 17.7 Å². The number of amides is 1. The lowest BCUT2D eigenvalue weighted by Gasteiger charge is -2.00. The number of nitrogens with one attached hydrogen (secondary N) is 1. The largest absolute Gasteiger partial charge is 0.268 e. The fourth-order valence-electron chi connectivity index (χ4n) is 1.65. The first kappa shape index (κ1) is 10.9. The Labute approximate surface area is 94.0 Å². The molecule has 0 saturated carbocycles. The summed E-state index contributed by atoms with van der Waals surface area (Å²) in [6.07, 6.45) is 3.33. The van der Waals surface area contributed by atoms with Crippen LogP contribution >= 0.6 is 0 Å². The second-order valence-electron chi connectivity index (χ2n) is 3.59. The molecule has 0 atom stereocenters. The molecule has 0 aromatic heterocycles. The Bertz CT molecular complexity index is 561. The molecule has 84 valence electrons. The van der Waals surface area contributed by atoms with E-state index in [1.807, 2.05) is 4.72 Å². The smallest absolute Gasteiger partial charge is 0.266 e. The number of benzene rings is 1. The van der Waals surface area contributed by atoms with E-state index < -0.39 is 15.9 Å². The van der Waals surface area contributed by atoms with Gasteiger partial charge in [0.2, 0.25) is 0 Å². The van der Waals surface area contributed by atoms with Crippen molar-refractivity contribution in [3.63, 3.8) is 0 Å². The van der Waals surface area contributed by atoms with Gasteiger partial charge in [-0.3, -0.25) is 4.79 Å². The quantitative estimate of drug-likeness (QED) is 0.804. The molecular formula is C11H11NO3S. The van der Waals surface area contributed by atoms with Gasteiger partial charge in [-0.15, -0.1) is 6.58 Å². The summed E-state index contributed by atoms with van der Waals surface area (Å²) in [5, 5.41) is 0. The molecule has 1 aromatic rings. The van der Waals surface area contributed by atoms with Gasteiger partial charge < -0.3 is 0 Å². The Kier molecular flexibility index (Phi) is 2.55. The molecule has 1 amide bonds. The van der Waals surface area contributed by atoms with Crippen LogP contribution in [0, 0.1) is 0 Å². The summed E-state index contributed by atoms with van der Waals surface area (Å²) in [5.41, 5.74) is 1.17. The summed E-state index contributed by atoms with van der Waals surface area (Å²) in [5.74, 6) is -0.546. The molecule has 1 heterocycles. The lowest BCUT2D eigenvalue weighted by molar-refractivity contribution is 0.0985. The van der Waals surface area contributed by atoms with Crippen molar-refractivity contribution >= 4 is 15.9 Å². The summed E-state index contributed by atoms with van der Waals surface area (Å²) in [4.78, 5) is 11.5. The van der Waals surface area contributed by atoms with Crippen molar-refractivity contribution in [2.24, 2.45) is 0 Å². The van der Waals surface area contributed by atoms with Gasteiger partial charge in [0.1, 0.15) is 4.90 Å². The number of hydrogen-bond acceptors (Lipinski definition) is 3. The summed E-state index contributed by atoms with van der Waals surface area (Å²) in [7, 11) is -3.61. The third-order valence-corrected chi connectivity index (χ3v) is 3.83. The fourth-order valence-corrected chi connectivity index (χ4v) is 2.80. The number of carbonyl (C=O) groups excluding carboxylic acids is 1. The zero-order valence-electron chi connectivity index (χ0n) is 8.56. The van der Waals surface area contributed by atoms with Crippen LogP contribution in [0.1, 0.15) is 22.3 Å². The van der Waals surface area contributed by atoms with E-state index in [1.165, 1.54) is 6.07 Å². The average Bonchev–Trinajstić information content (AvgIpc) is 2.46. The zero-order chi connectivity index (χ0) is 11.8. The fraction of sp³-hybridized carbons (Fsp3) is 0.182. The van der Waals surface area contributed by atoms with Gasteiger partial charge in [-0.05, 0) is 30.5 Å². The predicted molar refractivity (Wildman–Crippen MR) is 59.6 cm³/mol. The molecule has 0 fully saturated rings. The Hall–Kier alpha value is -1.62. The van der Waals surface area contributed by atoms with Gasteiger partial charge in [-0.25, -0.2) is 13.1 Å². The van der Waals surface area contributed by atoms with Crippen LogP contribution in [0.2, 0.25) is 0 Å². The van der Waals surface area contributed by atoms with Gasteiger partial charge in [0, 0.05) is 0 Å². The number of aryl methyl sites for hydroxylation is 1. The second kappa shape index (κ2) is 3.75. The molecule has 4 nitrogen and oxygen atoms in total. The molecule has 0 spiro atoms. The Morgan fingerprint density at radius 1 is 1.38 bits per heavy atom. The first-order chi connectivity index (χ1) is 7.54. The third kappa shape index (κ3) is 1.74. The highest BCUT2D eigenvalue weighted by Crippen LogP contribution is 2.23. The van der Waals surface area contributed by atoms with Crippen LogP contribution in [0.5, 0.6) is 0 Å². The average molecular weight is 237 g/mol. The van der Waals surface area contributed by atoms with E-state index in [0.717, 1.165) is 18.4 Å². The zero-order valence-corrected chi connectivity index (χ0v) is 9.38. The van der Waals surface area contributed by atoms with Crippen LogP contribution in [0.3, 0.4) is 0 Å². The predicted octanol–water partition coefficient (Wildman–Crippen LogP) is 1.24. The molecule has 0 saturated heterocycles. The molecule has 0 radical (unpaired) electrons. The third-order valence-electron chi connectivity index (χ3n) is 2.44. The van der Waals surface area contributed by atoms with Crippen LogP contribution in [-0.2, 0) is 16.4 Å². The highest BCUT2D eigenvalue weighted by Gasteiger charge is 2.32. The Morgan fingerprint density at radius 3 is 2.81 bits per heavy atom. The first-order valence-electron chi connectivity index (χ1n) is 4.85. The molecule has 0 unspecified atom stereocenters. The van der Waals surface area contributed by atoms with E-state index in [1.54, 1.807) is 18.2 Å². The van der Waals surface area contributed by atoms with E-state index in [2.05, 4.69) is 6.58 Å². The highest BCUT2D eigenvalue weighted by molar-refractivity contribution is 7.90. The number of fused-ring (bicyclic) bond motifs is 1. The van der Waals surface area contributed by atoms with Gasteiger partial charge in [-0.1, -0.05) is 12.1 Å². The number of hydrogen-bond donors (Lipinski definition) is 1. The maximum absolute atomic E-state index is 11.4. The lowest BCUT2D eigenvalue weighted by atomic mass is 10.1. The maximum atomic E-state index is 11.4. The minimum Gasteiger partial charge on any atom is -0.268 e. The minimum atomic E-state index is -3.61. The van der Waals surface area contributed by atoms with E-state index in [0.29, 0.717) is 0 Å². The summed E-state index contributed by atoms with van der Waals surface area (Å²) < 4.78 is 24.8. The van der Waals surface area contributed by atoms with Crippen molar-refractivity contribution in [3.05, 3.63) is 42.0 Å². The van der Waals surface area contributed by atoms with Crippen molar-refractivity contribution in [1.82, 2.24) is 4.72 Å². The van der Waals surface area contributed by atoms with Gasteiger partial charge >= 0.3 is 0 Å². The molecule has 1 aromatic carbocycles. The second-order valence-corrected chi connectivity index (χ2v) is 5.24. The van der Waals surface area contributed by atoms with Gasteiger partial charge in [0.15, 0.2) is 0 Å². The van der Waals surface area contributed by atoms with Crippen LogP contribution in [0.15, 0.2) is 35.7 Å². The van der Waals surface area contributed by atoms with Gasteiger partial charge in [-0.2, -0.15) is 0 Å². The lowest BCUT2D eigenvalue weighted by Crippen LogP contribution is -2.20. The summed E-state index contributed by atoms with van der Waals surface area (Å²) >= 11 is 0. The summed E-state index contributed by atoms with van der Waals surface area (Å²) in [6, 6.07) is 4.82. The van der Waals surface area contributed by atoms with Crippen LogP contribution in [-0.4, -0.2) is 14.3 Å². The van der Waals surface area contributed by atoms with Crippen LogP contribution in [0.4, 0.5) is 0 Å². The van der Waals surface area contributed by atoms with Crippen molar-refractivity contribution in [2.75, 3.05) is 0 Å². The molecule has 1 aliphatic rings. The summed E-state index contributed by atoms with van der Waals surface area (Å²) in [6.45, 7) is 3.61. The normalized spacial score (nSPS) is 16.6. The van der Waals surface area contributed by atoms with Crippen molar-refractivity contribution in [1.29, 1.82) is 0 Å². The SMILES string of the molecule is C=CCCc1ccc2c(c1)C(=O)NS2(=O)=O. The Balaban J connectivity index is 2.44. The molecule has 16 heavy (non-hydrogen) atoms. The van der Waals surface area contributed by atoms with Crippen molar-refractivity contribution in [3.8, 4) is 0 Å². The molecule has 0 aliphatic carbocycles. The molecular weight excluding hydrogens is 226 g/mol. The van der Waals surface area contributed by atoms with E-state index in [9.17, 15) is 13.2 Å². The van der Waals surface area contributed by atoms with E-state index >= 15 is 0 Å². The molecule has 2 rings (SSSR count). The first-order valence-corrected chi connectivity index (χ1v) is 6.34. The molecule has 1 aliphatic heterocycles. The molecule has 5 heteroatoms. The van der Waals surface area contributed by atoms with Crippen LogP contribution < -0.4 is 4.72 Å². The van der Waals surface area contributed by atoms with Gasteiger partial charge in [0.05, 0.1) is 5.56 Å². The number of carbonyl (C=O) groups is 1. The minimum absolute atomic E-state index is 0.0693. The molecule has 1 N–H and O–H groups in total.